The van der Waals surface area contributed by atoms with Gasteiger partial charge in [-0.3, -0.25) is 4.79 Å². The molecule has 0 bridgehead atoms. The van der Waals surface area contributed by atoms with Crippen LogP contribution in [0.2, 0.25) is 0 Å². The van der Waals surface area contributed by atoms with Gasteiger partial charge < -0.3 is 15.2 Å². The highest BCUT2D eigenvalue weighted by atomic mass is 19.1. The number of rotatable bonds is 10. The molecule has 2 N–H and O–H groups in total. The highest BCUT2D eigenvalue weighted by Crippen LogP contribution is 2.35. The predicted octanol–water partition coefficient (Wildman–Crippen LogP) is 7.04. The third-order valence-electron chi connectivity index (χ3n) is 6.03. The summed E-state index contributed by atoms with van der Waals surface area (Å²) in [5.74, 6) is 0.865. The molecule has 0 spiro atoms. The minimum Gasteiger partial charge on any atom is -0.497 e. The molecule has 3 rings (SSSR count). The first-order chi connectivity index (χ1) is 16.6. The molecule has 4 nitrogen and oxygen atoms in total. The smallest absolute Gasteiger partial charge is 0.218 e. The minimum atomic E-state index is -0.294. The van der Waals surface area contributed by atoms with E-state index in [1.807, 2.05) is 36.4 Å². The van der Waals surface area contributed by atoms with E-state index in [1.54, 1.807) is 19.2 Å². The van der Waals surface area contributed by atoms with Crippen molar-refractivity contribution >= 4 is 5.91 Å². The first-order valence-corrected chi connectivity index (χ1v) is 12.1. The summed E-state index contributed by atoms with van der Waals surface area (Å²) in [6, 6.07) is 18.7. The van der Waals surface area contributed by atoms with E-state index in [0.29, 0.717) is 24.3 Å². The van der Waals surface area contributed by atoms with Crippen molar-refractivity contribution in [1.82, 2.24) is 0 Å². The third-order valence-corrected chi connectivity index (χ3v) is 6.03. The van der Waals surface area contributed by atoms with Gasteiger partial charge in [0.05, 0.1) is 7.11 Å². The highest BCUT2D eigenvalue weighted by Gasteiger charge is 2.19. The fourth-order valence-corrected chi connectivity index (χ4v) is 4.32. The van der Waals surface area contributed by atoms with E-state index >= 15 is 0 Å². The Labute approximate surface area is 208 Å². The normalized spacial score (nSPS) is 12.3. The maximum atomic E-state index is 14.8. The summed E-state index contributed by atoms with van der Waals surface area (Å²) in [4.78, 5) is 11.4. The molecule has 35 heavy (non-hydrogen) atoms. The number of primary amides is 1. The molecule has 0 aliphatic rings. The van der Waals surface area contributed by atoms with Gasteiger partial charge in [-0.25, -0.2) is 4.39 Å². The maximum absolute atomic E-state index is 14.8. The van der Waals surface area contributed by atoms with Gasteiger partial charge in [0.1, 0.15) is 23.9 Å². The van der Waals surface area contributed by atoms with Gasteiger partial charge in [-0.05, 0) is 76.8 Å². The molecule has 1 unspecified atom stereocenters. The van der Waals surface area contributed by atoms with Crippen molar-refractivity contribution in [1.29, 1.82) is 0 Å². The Kier molecular flexibility index (Phi) is 8.55. The molecule has 0 heterocycles. The van der Waals surface area contributed by atoms with Gasteiger partial charge in [0.15, 0.2) is 0 Å². The second kappa shape index (κ2) is 11.4. The summed E-state index contributed by atoms with van der Waals surface area (Å²) >= 11 is 0. The monoisotopic (exact) mass is 477 g/mol. The first-order valence-electron chi connectivity index (χ1n) is 12.1. The van der Waals surface area contributed by atoms with Crippen LogP contribution in [0.15, 0.2) is 60.7 Å². The van der Waals surface area contributed by atoms with E-state index in [-0.39, 0.29) is 23.1 Å². The summed E-state index contributed by atoms with van der Waals surface area (Å²) in [6.07, 6.45) is 1.93. The van der Waals surface area contributed by atoms with Gasteiger partial charge >= 0.3 is 0 Å². The maximum Gasteiger partial charge on any atom is 0.218 e. The number of ether oxygens (including phenoxy) is 2. The Hall–Kier alpha value is -3.34. The van der Waals surface area contributed by atoms with Crippen molar-refractivity contribution in [2.75, 3.05) is 7.11 Å². The van der Waals surface area contributed by atoms with Gasteiger partial charge in [-0.15, -0.1) is 0 Å². The van der Waals surface area contributed by atoms with Crippen molar-refractivity contribution < 1.29 is 18.7 Å². The molecule has 1 atom stereocenters. The number of methoxy groups -OCH3 is 1. The summed E-state index contributed by atoms with van der Waals surface area (Å²) in [6.45, 7) is 8.93. The van der Waals surface area contributed by atoms with Crippen molar-refractivity contribution in [2.24, 2.45) is 11.1 Å². The van der Waals surface area contributed by atoms with Crippen molar-refractivity contribution in [3.63, 3.8) is 0 Å². The van der Waals surface area contributed by atoms with Crippen LogP contribution in [-0.2, 0) is 17.8 Å². The standard InChI is InChI=1S/C30H36FNO3/c1-6-21(16-29(32)33)22-9-7-8-20(14-22)19-35-25-10-12-26(23(15-25)18-30(2,3)4)27-17-24(34-5)11-13-28(27)31/h7-15,17,21H,6,16,18-19H2,1-5H3,(H2,32,33). The summed E-state index contributed by atoms with van der Waals surface area (Å²) < 4.78 is 26.2. The average Bonchev–Trinajstić information content (AvgIpc) is 2.81. The molecule has 0 aromatic heterocycles. The van der Waals surface area contributed by atoms with E-state index in [0.717, 1.165) is 40.8 Å². The van der Waals surface area contributed by atoms with Crippen LogP contribution in [0, 0.1) is 11.2 Å². The number of amides is 1. The number of carbonyl (C=O) groups is 1. The molecule has 0 saturated carbocycles. The lowest BCUT2D eigenvalue weighted by atomic mass is 9.84. The van der Waals surface area contributed by atoms with Gasteiger partial charge in [-0.1, -0.05) is 58.0 Å². The molecule has 3 aromatic carbocycles. The molecule has 0 fully saturated rings. The van der Waals surface area contributed by atoms with E-state index in [9.17, 15) is 9.18 Å². The largest absolute Gasteiger partial charge is 0.497 e. The van der Waals surface area contributed by atoms with Gasteiger partial charge in [0, 0.05) is 12.0 Å². The molecule has 0 aliphatic carbocycles. The molecular weight excluding hydrogens is 441 g/mol. The number of halogens is 1. The lowest BCUT2D eigenvalue weighted by Crippen LogP contribution is -2.15. The SMILES string of the molecule is CCC(CC(N)=O)c1cccc(COc2ccc(-c3cc(OC)ccc3F)c(CC(C)(C)C)c2)c1. The van der Waals surface area contributed by atoms with Crippen molar-refractivity contribution in [2.45, 2.75) is 59.5 Å². The van der Waals surface area contributed by atoms with E-state index in [4.69, 9.17) is 15.2 Å². The van der Waals surface area contributed by atoms with Crippen molar-refractivity contribution in [3.8, 4) is 22.6 Å². The minimum absolute atomic E-state index is 0.00659. The summed E-state index contributed by atoms with van der Waals surface area (Å²) in [5, 5.41) is 0. The Morgan fingerprint density at radius 3 is 2.40 bits per heavy atom. The highest BCUT2D eigenvalue weighted by molar-refractivity contribution is 5.74. The Balaban J connectivity index is 1.87. The summed E-state index contributed by atoms with van der Waals surface area (Å²) in [5.41, 5.74) is 9.91. The zero-order chi connectivity index (χ0) is 25.6. The average molecular weight is 478 g/mol. The second-order valence-corrected chi connectivity index (χ2v) is 10.2. The number of benzene rings is 3. The van der Waals surface area contributed by atoms with Crippen LogP contribution in [0.4, 0.5) is 4.39 Å². The molecule has 5 heteroatoms. The van der Waals surface area contributed by atoms with E-state index in [2.05, 4.69) is 33.8 Å². The van der Waals surface area contributed by atoms with Crippen LogP contribution >= 0.6 is 0 Å². The van der Waals surface area contributed by atoms with Crippen LogP contribution in [0.25, 0.3) is 11.1 Å². The molecule has 0 radical (unpaired) electrons. The van der Waals surface area contributed by atoms with Crippen LogP contribution in [0.1, 0.15) is 63.1 Å². The zero-order valence-electron chi connectivity index (χ0n) is 21.4. The quantitative estimate of drug-likeness (QED) is 0.341. The number of hydrogen-bond acceptors (Lipinski definition) is 3. The van der Waals surface area contributed by atoms with Crippen LogP contribution in [-0.4, -0.2) is 13.0 Å². The molecular formula is C30H36FNO3. The number of hydrogen-bond donors (Lipinski definition) is 1. The molecule has 1 amide bonds. The van der Waals surface area contributed by atoms with E-state index < -0.39 is 0 Å². The molecule has 186 valence electrons. The Morgan fingerprint density at radius 1 is 1.00 bits per heavy atom. The summed E-state index contributed by atoms with van der Waals surface area (Å²) in [7, 11) is 1.58. The number of carbonyl (C=O) groups excluding carboxylic acids is 1. The third kappa shape index (κ3) is 7.32. The molecule has 0 aliphatic heterocycles. The van der Waals surface area contributed by atoms with Crippen LogP contribution in [0.3, 0.4) is 0 Å². The topological polar surface area (TPSA) is 61.6 Å². The Bertz CT molecular complexity index is 1170. The fourth-order valence-electron chi connectivity index (χ4n) is 4.32. The lowest BCUT2D eigenvalue weighted by molar-refractivity contribution is -0.118. The fraction of sp³-hybridized carbons (Fsp3) is 0.367. The zero-order valence-corrected chi connectivity index (χ0v) is 21.4. The van der Waals surface area contributed by atoms with Gasteiger partial charge in [0.2, 0.25) is 5.91 Å². The van der Waals surface area contributed by atoms with Gasteiger partial charge in [-0.2, -0.15) is 0 Å². The van der Waals surface area contributed by atoms with Crippen molar-refractivity contribution in [3.05, 3.63) is 83.2 Å². The van der Waals surface area contributed by atoms with Crippen LogP contribution in [0.5, 0.6) is 11.5 Å². The predicted molar refractivity (Wildman–Crippen MR) is 139 cm³/mol. The lowest BCUT2D eigenvalue weighted by Gasteiger charge is -2.22. The van der Waals surface area contributed by atoms with Gasteiger partial charge in [0.25, 0.3) is 0 Å². The molecule has 3 aromatic rings. The van der Waals surface area contributed by atoms with Crippen LogP contribution < -0.4 is 15.2 Å². The first kappa shape index (κ1) is 26.3. The van der Waals surface area contributed by atoms with E-state index in [1.165, 1.54) is 6.07 Å². The molecule has 0 saturated heterocycles. The number of nitrogens with two attached hydrogens (primary N) is 1. The second-order valence-electron chi connectivity index (χ2n) is 10.2. The Morgan fingerprint density at radius 2 is 1.74 bits per heavy atom.